The minimum absolute atomic E-state index is 0.268. The van der Waals surface area contributed by atoms with Crippen LogP contribution >= 0.6 is 11.3 Å². The standard InChI is InChI=1S/C16H20N2O3S/c1-21-11-12(19)8-9-17-16(20)18-14-6-3-2-5-13(14)15-7-4-10-22-15/h2-7,10,12,19H,8-9,11H2,1H3,(H2,17,18,20). The molecule has 1 aromatic carbocycles. The molecule has 2 aromatic rings. The number of carbonyl (C=O) groups excluding carboxylic acids is 1. The minimum Gasteiger partial charge on any atom is -0.391 e. The summed E-state index contributed by atoms with van der Waals surface area (Å²) in [5.41, 5.74) is 1.76. The molecule has 0 saturated heterocycles. The van der Waals surface area contributed by atoms with Gasteiger partial charge in [-0.2, -0.15) is 0 Å². The van der Waals surface area contributed by atoms with Crippen LogP contribution in [0.2, 0.25) is 0 Å². The topological polar surface area (TPSA) is 70.6 Å². The van der Waals surface area contributed by atoms with E-state index in [0.29, 0.717) is 13.0 Å². The second-order valence-corrected chi connectivity index (χ2v) is 5.75. The number of para-hydroxylation sites is 1. The van der Waals surface area contributed by atoms with Crippen molar-refractivity contribution in [2.24, 2.45) is 0 Å². The van der Waals surface area contributed by atoms with Crippen molar-refractivity contribution in [1.29, 1.82) is 0 Å². The van der Waals surface area contributed by atoms with Crippen LogP contribution in [0.1, 0.15) is 6.42 Å². The molecule has 0 aliphatic heterocycles. The number of methoxy groups -OCH3 is 1. The second-order valence-electron chi connectivity index (χ2n) is 4.80. The fourth-order valence-electron chi connectivity index (χ4n) is 2.03. The molecule has 6 heteroatoms. The van der Waals surface area contributed by atoms with Crippen molar-refractivity contribution in [1.82, 2.24) is 5.32 Å². The molecule has 1 unspecified atom stereocenters. The fraction of sp³-hybridized carbons (Fsp3) is 0.312. The molecule has 1 heterocycles. The number of rotatable bonds is 7. The summed E-state index contributed by atoms with van der Waals surface area (Å²) in [6.45, 7) is 0.655. The van der Waals surface area contributed by atoms with Gasteiger partial charge in [0.2, 0.25) is 0 Å². The SMILES string of the molecule is COCC(O)CCNC(=O)Nc1ccccc1-c1cccs1. The van der Waals surface area contributed by atoms with Gasteiger partial charge in [-0.25, -0.2) is 4.79 Å². The summed E-state index contributed by atoms with van der Waals surface area (Å²) in [5.74, 6) is 0. The molecule has 118 valence electrons. The van der Waals surface area contributed by atoms with E-state index in [2.05, 4.69) is 10.6 Å². The number of urea groups is 1. The third kappa shape index (κ3) is 4.84. The van der Waals surface area contributed by atoms with E-state index in [9.17, 15) is 9.90 Å². The first-order valence-electron chi connectivity index (χ1n) is 7.05. The van der Waals surface area contributed by atoms with Crippen molar-refractivity contribution in [3.05, 3.63) is 41.8 Å². The summed E-state index contributed by atoms with van der Waals surface area (Å²) in [5, 5.41) is 17.1. The molecule has 22 heavy (non-hydrogen) atoms. The van der Waals surface area contributed by atoms with Gasteiger partial charge in [0.15, 0.2) is 0 Å². The van der Waals surface area contributed by atoms with Crippen LogP contribution in [-0.2, 0) is 4.74 Å². The second kappa shape index (κ2) is 8.53. The lowest BCUT2D eigenvalue weighted by Gasteiger charge is -2.12. The first-order valence-corrected chi connectivity index (χ1v) is 7.93. The molecule has 0 bridgehead atoms. The average molecular weight is 320 g/mol. The van der Waals surface area contributed by atoms with Crippen LogP contribution in [0.4, 0.5) is 10.5 Å². The van der Waals surface area contributed by atoms with Gasteiger partial charge in [0.05, 0.1) is 18.4 Å². The predicted molar refractivity (Wildman–Crippen MR) is 89.3 cm³/mol. The molecule has 0 radical (unpaired) electrons. The van der Waals surface area contributed by atoms with E-state index in [1.807, 2.05) is 41.8 Å². The summed E-state index contributed by atoms with van der Waals surface area (Å²) >= 11 is 1.63. The maximum Gasteiger partial charge on any atom is 0.319 e. The number of aliphatic hydroxyl groups is 1. The van der Waals surface area contributed by atoms with Crippen LogP contribution in [0, 0.1) is 0 Å². The number of thiophene rings is 1. The Morgan fingerprint density at radius 3 is 2.86 bits per heavy atom. The largest absolute Gasteiger partial charge is 0.391 e. The monoisotopic (exact) mass is 320 g/mol. The zero-order chi connectivity index (χ0) is 15.8. The maximum atomic E-state index is 11.9. The molecule has 2 rings (SSSR count). The maximum absolute atomic E-state index is 11.9. The number of ether oxygens (including phenoxy) is 1. The van der Waals surface area contributed by atoms with E-state index in [-0.39, 0.29) is 12.6 Å². The summed E-state index contributed by atoms with van der Waals surface area (Å²) in [6.07, 6.45) is -0.114. The van der Waals surface area contributed by atoms with Crippen LogP contribution in [-0.4, -0.2) is 37.5 Å². The van der Waals surface area contributed by atoms with Crippen molar-refractivity contribution in [3.63, 3.8) is 0 Å². The van der Waals surface area contributed by atoms with Gasteiger partial charge in [0, 0.05) is 24.1 Å². The van der Waals surface area contributed by atoms with Gasteiger partial charge in [-0.3, -0.25) is 0 Å². The van der Waals surface area contributed by atoms with E-state index >= 15 is 0 Å². The molecule has 0 saturated carbocycles. The molecule has 1 atom stereocenters. The van der Waals surface area contributed by atoms with E-state index in [1.54, 1.807) is 11.3 Å². The third-order valence-corrected chi connectivity index (χ3v) is 3.99. The van der Waals surface area contributed by atoms with Crippen LogP contribution in [0.15, 0.2) is 41.8 Å². The summed E-state index contributed by atoms with van der Waals surface area (Å²) in [6, 6.07) is 11.4. The summed E-state index contributed by atoms with van der Waals surface area (Å²) < 4.78 is 4.84. The smallest absolute Gasteiger partial charge is 0.319 e. The first kappa shape index (κ1) is 16.5. The van der Waals surface area contributed by atoms with Crippen LogP contribution in [0.3, 0.4) is 0 Å². The number of hydrogen-bond donors (Lipinski definition) is 3. The fourth-order valence-corrected chi connectivity index (χ4v) is 2.80. The Hall–Kier alpha value is -1.89. The average Bonchev–Trinajstić information content (AvgIpc) is 3.02. The molecule has 0 aliphatic rings. The summed E-state index contributed by atoms with van der Waals surface area (Å²) in [7, 11) is 1.53. The van der Waals surface area contributed by atoms with Gasteiger partial charge < -0.3 is 20.5 Å². The number of amides is 2. The minimum atomic E-state index is -0.566. The van der Waals surface area contributed by atoms with Crippen molar-refractivity contribution in [3.8, 4) is 10.4 Å². The molecule has 0 aliphatic carbocycles. The van der Waals surface area contributed by atoms with Gasteiger partial charge in [-0.15, -0.1) is 11.3 Å². The highest BCUT2D eigenvalue weighted by Gasteiger charge is 2.09. The molecule has 2 amide bonds. The highest BCUT2D eigenvalue weighted by molar-refractivity contribution is 7.13. The number of benzene rings is 1. The molecular formula is C16H20N2O3S. The lowest BCUT2D eigenvalue weighted by Crippen LogP contribution is -2.32. The van der Waals surface area contributed by atoms with Crippen molar-refractivity contribution in [2.75, 3.05) is 25.6 Å². The third-order valence-electron chi connectivity index (χ3n) is 3.08. The van der Waals surface area contributed by atoms with Crippen molar-refractivity contribution >= 4 is 23.1 Å². The Morgan fingerprint density at radius 1 is 1.32 bits per heavy atom. The molecular weight excluding hydrogens is 300 g/mol. The molecule has 1 aromatic heterocycles. The van der Waals surface area contributed by atoms with Gasteiger partial charge in [-0.1, -0.05) is 24.3 Å². The molecule has 0 fully saturated rings. The Kier molecular flexibility index (Phi) is 6.39. The van der Waals surface area contributed by atoms with Crippen LogP contribution < -0.4 is 10.6 Å². The van der Waals surface area contributed by atoms with Gasteiger partial charge >= 0.3 is 6.03 Å². The number of nitrogens with one attached hydrogen (secondary N) is 2. The highest BCUT2D eigenvalue weighted by Crippen LogP contribution is 2.31. The summed E-state index contributed by atoms with van der Waals surface area (Å²) in [4.78, 5) is 13.0. The van der Waals surface area contributed by atoms with E-state index in [4.69, 9.17) is 4.74 Å². The Balaban J connectivity index is 1.90. The zero-order valence-electron chi connectivity index (χ0n) is 12.4. The van der Waals surface area contributed by atoms with Gasteiger partial charge in [-0.05, 0) is 23.9 Å². The number of hydrogen-bond acceptors (Lipinski definition) is 4. The van der Waals surface area contributed by atoms with Crippen molar-refractivity contribution in [2.45, 2.75) is 12.5 Å². The Bertz CT molecular complexity index is 587. The number of aliphatic hydroxyl groups excluding tert-OH is 1. The first-order chi connectivity index (χ1) is 10.7. The predicted octanol–water partition coefficient (Wildman–Crippen LogP) is 2.93. The van der Waals surface area contributed by atoms with Gasteiger partial charge in [0.1, 0.15) is 0 Å². The molecule has 0 spiro atoms. The van der Waals surface area contributed by atoms with Crippen LogP contribution in [0.25, 0.3) is 10.4 Å². The van der Waals surface area contributed by atoms with Crippen molar-refractivity contribution < 1.29 is 14.6 Å². The van der Waals surface area contributed by atoms with E-state index < -0.39 is 6.10 Å². The normalized spacial score (nSPS) is 11.9. The van der Waals surface area contributed by atoms with Crippen LogP contribution in [0.5, 0.6) is 0 Å². The highest BCUT2D eigenvalue weighted by atomic mass is 32.1. The zero-order valence-corrected chi connectivity index (χ0v) is 13.2. The lowest BCUT2D eigenvalue weighted by atomic mass is 10.1. The number of anilines is 1. The lowest BCUT2D eigenvalue weighted by molar-refractivity contribution is 0.0599. The Labute approximate surface area is 133 Å². The molecule has 5 nitrogen and oxygen atoms in total. The van der Waals surface area contributed by atoms with E-state index in [0.717, 1.165) is 16.1 Å². The quantitative estimate of drug-likeness (QED) is 0.734. The van der Waals surface area contributed by atoms with Gasteiger partial charge in [0.25, 0.3) is 0 Å². The number of carbonyl (C=O) groups is 1. The molecule has 3 N–H and O–H groups in total. The van der Waals surface area contributed by atoms with E-state index in [1.165, 1.54) is 7.11 Å². The Morgan fingerprint density at radius 2 is 2.14 bits per heavy atom.